The van der Waals surface area contributed by atoms with Crippen LogP contribution in [0.3, 0.4) is 0 Å². The van der Waals surface area contributed by atoms with Crippen molar-refractivity contribution in [2.24, 2.45) is 0 Å². The fourth-order valence-corrected chi connectivity index (χ4v) is 3.07. The molecule has 0 spiro atoms. The number of anilines is 1. The topological polar surface area (TPSA) is 91.6 Å². The lowest BCUT2D eigenvalue weighted by Gasteiger charge is -2.28. The summed E-state index contributed by atoms with van der Waals surface area (Å²) in [5, 5.41) is 23.4. The summed E-state index contributed by atoms with van der Waals surface area (Å²) in [6.45, 7) is 0.0421. The molecule has 0 bridgehead atoms. The number of benzene rings is 2. The van der Waals surface area contributed by atoms with Crippen LogP contribution in [0.2, 0.25) is 0 Å². The van der Waals surface area contributed by atoms with Gasteiger partial charge in [0, 0.05) is 11.1 Å². The molecule has 1 amide bonds. The lowest BCUT2D eigenvalue weighted by atomic mass is 10.2. The highest BCUT2D eigenvalue weighted by Gasteiger charge is 2.28. The smallest absolute Gasteiger partial charge is 0.289 e. The number of aromatic hydroxyl groups is 2. The Labute approximate surface area is 156 Å². The fraction of sp³-hybridized carbons (Fsp3) is 0.200. The number of likely N-dealkylation sites (N-methyl/N-ethyl adjacent to an activating group) is 1. The van der Waals surface area contributed by atoms with Crippen molar-refractivity contribution in [3.8, 4) is 11.6 Å². The van der Waals surface area contributed by atoms with Crippen LogP contribution >= 0.6 is 0 Å². The predicted octanol–water partition coefficient (Wildman–Crippen LogP) is 2.41. The molecule has 0 radical (unpaired) electrons. The average Bonchev–Trinajstić information content (AvgIpc) is 2.86. The van der Waals surface area contributed by atoms with Crippen LogP contribution in [0, 0.1) is 0 Å². The molecule has 3 aromatic rings. The summed E-state index contributed by atoms with van der Waals surface area (Å²) < 4.78 is 1.17. The summed E-state index contributed by atoms with van der Waals surface area (Å²) in [6, 6.07) is 15.8. The van der Waals surface area contributed by atoms with Gasteiger partial charge in [-0.05, 0) is 24.3 Å². The maximum atomic E-state index is 12.8. The van der Waals surface area contributed by atoms with Crippen LogP contribution in [0.15, 0.2) is 54.6 Å². The molecule has 1 aromatic heterocycles. The Morgan fingerprint density at radius 1 is 0.963 bits per heavy atom. The van der Waals surface area contributed by atoms with Crippen LogP contribution in [-0.4, -0.2) is 58.3 Å². The Hall–Kier alpha value is -3.32. The number of para-hydroxylation sites is 2. The molecule has 3 N–H and O–H groups in total. The molecule has 0 atom stereocenters. The minimum atomic E-state index is -0.491. The number of aromatic nitrogens is 1. The van der Waals surface area contributed by atoms with E-state index in [9.17, 15) is 19.8 Å². The molecule has 0 saturated carbocycles. The van der Waals surface area contributed by atoms with E-state index in [1.54, 1.807) is 50.5 Å². The zero-order chi connectivity index (χ0) is 19.6. The first kappa shape index (κ1) is 18.5. The molecular weight excluding hydrogens is 346 g/mol. The van der Waals surface area contributed by atoms with Crippen LogP contribution in [0.25, 0.3) is 10.9 Å². The number of amides is 1. The van der Waals surface area contributed by atoms with Gasteiger partial charge in [-0.1, -0.05) is 30.3 Å². The number of hydrogen-bond acceptors (Lipinski definition) is 4. The Bertz CT molecular complexity index is 993. The van der Waals surface area contributed by atoms with Crippen molar-refractivity contribution < 1.29 is 24.3 Å². The summed E-state index contributed by atoms with van der Waals surface area (Å²) in [5.74, 6) is -1.45. The van der Waals surface area contributed by atoms with E-state index in [2.05, 4.69) is 5.32 Å². The fourth-order valence-electron chi connectivity index (χ4n) is 3.07. The van der Waals surface area contributed by atoms with E-state index in [4.69, 9.17) is 0 Å². The maximum absolute atomic E-state index is 12.8. The van der Waals surface area contributed by atoms with Crippen molar-refractivity contribution in [1.82, 2.24) is 4.57 Å². The van der Waals surface area contributed by atoms with Gasteiger partial charge in [-0.2, -0.15) is 0 Å². The third-order valence-electron chi connectivity index (χ3n) is 4.27. The van der Waals surface area contributed by atoms with E-state index in [0.29, 0.717) is 16.6 Å². The van der Waals surface area contributed by atoms with E-state index >= 15 is 0 Å². The van der Waals surface area contributed by atoms with Crippen molar-refractivity contribution in [2.75, 3.05) is 32.5 Å². The van der Waals surface area contributed by atoms with Gasteiger partial charge in [0.15, 0.2) is 18.8 Å². The standard InChI is InChI=1S/C20H21N3O4/c1-23(2,12-17(24)21-14-8-4-3-5-9-14)13-18(25)22-16-11-7-6-10-15(16)19(26)20(22)27/h3-11H,12-13H2,1-2H3,(H2-,21,24,26,27)/p+1. The Morgan fingerprint density at radius 2 is 1.59 bits per heavy atom. The second-order valence-electron chi connectivity index (χ2n) is 7.08. The lowest BCUT2D eigenvalue weighted by Crippen LogP contribution is -2.49. The van der Waals surface area contributed by atoms with Crippen molar-refractivity contribution in [3.63, 3.8) is 0 Å². The zero-order valence-corrected chi connectivity index (χ0v) is 15.2. The molecule has 1 heterocycles. The molecule has 7 heteroatoms. The summed E-state index contributed by atoms with van der Waals surface area (Å²) in [5.41, 5.74) is 1.11. The van der Waals surface area contributed by atoms with Crippen molar-refractivity contribution >= 4 is 28.4 Å². The Morgan fingerprint density at radius 3 is 2.30 bits per heavy atom. The minimum Gasteiger partial charge on any atom is -0.503 e. The molecule has 0 aliphatic heterocycles. The van der Waals surface area contributed by atoms with Crippen LogP contribution in [0.4, 0.5) is 5.69 Å². The highest BCUT2D eigenvalue weighted by molar-refractivity contribution is 5.99. The largest absolute Gasteiger partial charge is 0.503 e. The first-order valence-electron chi connectivity index (χ1n) is 8.50. The monoisotopic (exact) mass is 368 g/mol. The molecule has 0 aliphatic rings. The molecular formula is C20H22N3O4+. The third-order valence-corrected chi connectivity index (χ3v) is 4.27. The highest BCUT2D eigenvalue weighted by Crippen LogP contribution is 2.37. The molecule has 2 aromatic carbocycles. The van der Waals surface area contributed by atoms with Crippen LogP contribution < -0.4 is 5.32 Å². The lowest BCUT2D eigenvalue weighted by molar-refractivity contribution is -0.873. The van der Waals surface area contributed by atoms with E-state index in [0.717, 1.165) is 4.57 Å². The van der Waals surface area contributed by atoms with Gasteiger partial charge in [0.1, 0.15) is 0 Å². The molecule has 140 valence electrons. The van der Waals surface area contributed by atoms with Crippen molar-refractivity contribution in [2.45, 2.75) is 0 Å². The molecule has 3 rings (SSSR count). The van der Waals surface area contributed by atoms with E-state index in [1.807, 2.05) is 18.2 Å². The van der Waals surface area contributed by atoms with Crippen LogP contribution in [0.5, 0.6) is 11.6 Å². The average molecular weight is 368 g/mol. The molecule has 0 unspecified atom stereocenters. The molecule has 27 heavy (non-hydrogen) atoms. The van der Waals surface area contributed by atoms with E-state index in [-0.39, 0.29) is 29.2 Å². The van der Waals surface area contributed by atoms with Gasteiger partial charge in [-0.15, -0.1) is 0 Å². The number of hydrogen-bond donors (Lipinski definition) is 3. The molecule has 0 aliphatic carbocycles. The van der Waals surface area contributed by atoms with Crippen LogP contribution in [0.1, 0.15) is 4.79 Å². The first-order chi connectivity index (χ1) is 12.8. The highest BCUT2D eigenvalue weighted by atomic mass is 16.3. The molecule has 0 saturated heterocycles. The summed E-state index contributed by atoms with van der Waals surface area (Å²) in [7, 11) is 3.51. The number of carbonyl (C=O) groups is 2. The van der Waals surface area contributed by atoms with Crippen LogP contribution in [-0.2, 0) is 4.79 Å². The number of fused-ring (bicyclic) bond motifs is 1. The number of nitrogens with zero attached hydrogens (tertiary/aromatic N) is 2. The maximum Gasteiger partial charge on any atom is 0.289 e. The quantitative estimate of drug-likeness (QED) is 0.603. The summed E-state index contributed by atoms with van der Waals surface area (Å²) in [6.07, 6.45) is 0. The minimum absolute atomic E-state index is 0.0338. The second kappa shape index (κ2) is 7.13. The van der Waals surface area contributed by atoms with Gasteiger partial charge in [-0.3, -0.25) is 9.59 Å². The van der Waals surface area contributed by atoms with Gasteiger partial charge in [-0.25, -0.2) is 4.57 Å². The predicted molar refractivity (Wildman–Crippen MR) is 103 cm³/mol. The number of carbonyl (C=O) groups excluding carboxylic acids is 2. The van der Waals surface area contributed by atoms with Gasteiger partial charge >= 0.3 is 0 Å². The number of quaternary nitrogens is 1. The van der Waals surface area contributed by atoms with Crippen molar-refractivity contribution in [3.05, 3.63) is 54.6 Å². The Kier molecular flexibility index (Phi) is 4.87. The zero-order valence-electron chi connectivity index (χ0n) is 15.2. The normalized spacial score (nSPS) is 11.5. The van der Waals surface area contributed by atoms with E-state index in [1.165, 1.54) is 0 Å². The van der Waals surface area contributed by atoms with Crippen molar-refractivity contribution in [1.29, 1.82) is 0 Å². The molecule has 7 nitrogen and oxygen atoms in total. The van der Waals surface area contributed by atoms with Gasteiger partial charge < -0.3 is 20.0 Å². The SMILES string of the molecule is C[N+](C)(CC(=O)Nc1ccccc1)CC(=O)n1c(O)c(O)c2ccccc21. The van der Waals surface area contributed by atoms with Gasteiger partial charge in [0.25, 0.3) is 11.8 Å². The first-order valence-corrected chi connectivity index (χ1v) is 8.50. The Balaban J connectivity index is 1.75. The second-order valence-corrected chi connectivity index (χ2v) is 7.08. The number of rotatable bonds is 5. The molecule has 0 fully saturated rings. The summed E-state index contributed by atoms with van der Waals surface area (Å²) >= 11 is 0. The van der Waals surface area contributed by atoms with Gasteiger partial charge in [0.05, 0.1) is 19.6 Å². The number of nitrogens with one attached hydrogen (secondary N) is 1. The summed E-state index contributed by atoms with van der Waals surface area (Å²) in [4.78, 5) is 25.1. The third kappa shape index (κ3) is 3.93. The van der Waals surface area contributed by atoms with E-state index < -0.39 is 11.8 Å². The van der Waals surface area contributed by atoms with Gasteiger partial charge in [0.2, 0.25) is 5.88 Å².